The molecule has 0 bridgehead atoms. The van der Waals surface area contributed by atoms with Crippen molar-refractivity contribution in [1.29, 1.82) is 10.5 Å². The van der Waals surface area contributed by atoms with Crippen molar-refractivity contribution in [3.05, 3.63) is 28.0 Å². The van der Waals surface area contributed by atoms with E-state index in [-0.39, 0.29) is 16.8 Å². The molecule has 0 saturated heterocycles. The lowest BCUT2D eigenvalue weighted by atomic mass is 9.87. The molecule has 0 fully saturated rings. The maximum absolute atomic E-state index is 14.0. The Kier molecular flexibility index (Phi) is 4.63. The van der Waals surface area contributed by atoms with Crippen LogP contribution in [-0.4, -0.2) is 5.71 Å². The zero-order chi connectivity index (χ0) is 14.6. The Morgan fingerprint density at radius 3 is 2.32 bits per heavy atom. The molecule has 0 aliphatic carbocycles. The highest BCUT2D eigenvalue weighted by Gasteiger charge is 2.18. The van der Waals surface area contributed by atoms with E-state index in [1.165, 1.54) is 6.07 Å². The van der Waals surface area contributed by atoms with E-state index in [1.54, 1.807) is 18.2 Å². The Morgan fingerprint density at radius 1 is 1.32 bits per heavy atom. The molecular weight excluding hydrogens is 311 g/mol. The maximum Gasteiger partial charge on any atom is 0.237 e. The van der Waals surface area contributed by atoms with Crippen LogP contribution in [0.5, 0.6) is 0 Å². The van der Waals surface area contributed by atoms with Crippen LogP contribution in [0.25, 0.3) is 0 Å². The summed E-state index contributed by atoms with van der Waals surface area (Å²) in [6.07, 6.45) is 0. The summed E-state index contributed by atoms with van der Waals surface area (Å²) in [6, 6.07) is 6.35. The lowest BCUT2D eigenvalue weighted by molar-refractivity contribution is 0.572. The maximum atomic E-state index is 14.0. The number of anilines is 1. The molecule has 0 saturated carbocycles. The first-order valence-electron chi connectivity index (χ1n) is 5.43. The summed E-state index contributed by atoms with van der Waals surface area (Å²) in [4.78, 5) is 0. The molecule has 4 nitrogen and oxygen atoms in total. The first-order chi connectivity index (χ1) is 8.79. The fourth-order valence-corrected chi connectivity index (χ4v) is 1.82. The molecular formula is C13H12BrFN4. The van der Waals surface area contributed by atoms with Gasteiger partial charge in [-0.2, -0.15) is 15.6 Å². The van der Waals surface area contributed by atoms with Gasteiger partial charge >= 0.3 is 0 Å². The summed E-state index contributed by atoms with van der Waals surface area (Å²) in [5.41, 5.74) is 2.75. The van der Waals surface area contributed by atoms with Gasteiger partial charge in [-0.05, 0) is 39.0 Å². The Labute approximate surface area is 119 Å². The molecule has 0 radical (unpaired) electrons. The molecule has 1 aromatic rings. The minimum atomic E-state index is -0.502. The van der Waals surface area contributed by atoms with Crippen LogP contribution in [0.4, 0.5) is 10.1 Å². The molecule has 0 unspecified atom stereocenters. The first kappa shape index (κ1) is 15.1. The van der Waals surface area contributed by atoms with Gasteiger partial charge in [0.2, 0.25) is 5.71 Å². The van der Waals surface area contributed by atoms with Gasteiger partial charge in [0.05, 0.1) is 0 Å². The van der Waals surface area contributed by atoms with Gasteiger partial charge in [0.25, 0.3) is 0 Å². The second-order valence-electron chi connectivity index (χ2n) is 4.86. The van der Waals surface area contributed by atoms with E-state index in [0.717, 1.165) is 5.56 Å². The van der Waals surface area contributed by atoms with E-state index < -0.39 is 5.82 Å². The van der Waals surface area contributed by atoms with Gasteiger partial charge in [-0.3, -0.25) is 5.43 Å². The molecule has 0 aromatic heterocycles. The molecule has 1 rings (SSSR count). The van der Waals surface area contributed by atoms with Gasteiger partial charge in [-0.1, -0.05) is 20.8 Å². The van der Waals surface area contributed by atoms with Crippen molar-refractivity contribution in [2.45, 2.75) is 26.2 Å². The molecule has 0 aliphatic heterocycles. The van der Waals surface area contributed by atoms with E-state index >= 15 is 0 Å². The fraction of sp³-hybridized carbons (Fsp3) is 0.308. The summed E-state index contributed by atoms with van der Waals surface area (Å²) in [5, 5.41) is 20.6. The van der Waals surface area contributed by atoms with Crippen molar-refractivity contribution in [2.24, 2.45) is 5.10 Å². The molecule has 0 atom stereocenters. The van der Waals surface area contributed by atoms with Gasteiger partial charge in [0, 0.05) is 4.47 Å². The molecule has 19 heavy (non-hydrogen) atoms. The SMILES string of the molecule is CC(C)(C)c1cc(F)c(NN=C(C#N)C#N)c(Br)c1. The number of hydrazone groups is 1. The fourth-order valence-electron chi connectivity index (χ4n) is 1.30. The van der Waals surface area contributed by atoms with Crippen LogP contribution >= 0.6 is 15.9 Å². The molecule has 1 N–H and O–H groups in total. The normalized spacial score (nSPS) is 10.3. The third-order valence-electron chi connectivity index (χ3n) is 2.40. The second kappa shape index (κ2) is 5.81. The summed E-state index contributed by atoms with van der Waals surface area (Å²) < 4.78 is 14.5. The third-order valence-corrected chi connectivity index (χ3v) is 3.02. The van der Waals surface area contributed by atoms with Gasteiger partial charge in [0.15, 0.2) is 0 Å². The molecule has 6 heteroatoms. The predicted octanol–water partition coefficient (Wildman–Crippen LogP) is 3.70. The van der Waals surface area contributed by atoms with Crippen LogP contribution in [0.15, 0.2) is 21.7 Å². The summed E-state index contributed by atoms with van der Waals surface area (Å²) >= 11 is 3.25. The third kappa shape index (κ3) is 3.77. The zero-order valence-corrected chi connectivity index (χ0v) is 12.3. The average Bonchev–Trinajstić information content (AvgIpc) is 2.31. The van der Waals surface area contributed by atoms with Crippen LogP contribution in [0.3, 0.4) is 0 Å². The van der Waals surface area contributed by atoms with E-state index in [0.29, 0.717) is 4.47 Å². The standard InChI is InChI=1S/C13H12BrFN4/c1-13(2,3)8-4-10(14)12(11(15)5-8)19-18-9(6-16)7-17/h4-5,19H,1-3H3. The van der Waals surface area contributed by atoms with Gasteiger partial charge in [-0.25, -0.2) is 4.39 Å². The van der Waals surface area contributed by atoms with Crippen LogP contribution in [0.2, 0.25) is 0 Å². The lowest BCUT2D eigenvalue weighted by Gasteiger charge is -2.20. The monoisotopic (exact) mass is 322 g/mol. The minimum absolute atomic E-state index is 0.0935. The second-order valence-corrected chi connectivity index (χ2v) is 5.72. The highest BCUT2D eigenvalue weighted by atomic mass is 79.9. The highest BCUT2D eigenvalue weighted by Crippen LogP contribution is 2.32. The van der Waals surface area contributed by atoms with Crippen LogP contribution in [0.1, 0.15) is 26.3 Å². The topological polar surface area (TPSA) is 72.0 Å². The van der Waals surface area contributed by atoms with Crippen LogP contribution < -0.4 is 5.43 Å². The molecule has 98 valence electrons. The van der Waals surface area contributed by atoms with E-state index in [4.69, 9.17) is 10.5 Å². The molecule has 1 aromatic carbocycles. The van der Waals surface area contributed by atoms with Crippen LogP contribution in [0, 0.1) is 28.5 Å². The summed E-state index contributed by atoms with van der Waals surface area (Å²) in [5.74, 6) is -0.502. The Bertz CT molecular complexity index is 564. The van der Waals surface area contributed by atoms with Crippen molar-refractivity contribution >= 4 is 27.3 Å². The quantitative estimate of drug-likeness (QED) is 0.666. The number of hydrogen-bond donors (Lipinski definition) is 1. The van der Waals surface area contributed by atoms with E-state index in [9.17, 15) is 4.39 Å². The molecule has 0 heterocycles. The number of rotatable bonds is 2. The number of nitriles is 2. The summed E-state index contributed by atoms with van der Waals surface area (Å²) in [6.45, 7) is 5.93. The molecule has 0 spiro atoms. The van der Waals surface area contributed by atoms with Crippen molar-refractivity contribution in [2.75, 3.05) is 5.43 Å². The van der Waals surface area contributed by atoms with Gasteiger partial charge < -0.3 is 0 Å². The number of halogens is 2. The number of hydrogen-bond acceptors (Lipinski definition) is 4. The van der Waals surface area contributed by atoms with E-state index in [2.05, 4.69) is 26.5 Å². The molecule has 0 aliphatic rings. The number of nitrogens with one attached hydrogen (secondary N) is 1. The minimum Gasteiger partial charge on any atom is -0.272 e. The van der Waals surface area contributed by atoms with Gasteiger partial charge in [-0.15, -0.1) is 0 Å². The smallest absolute Gasteiger partial charge is 0.237 e. The zero-order valence-electron chi connectivity index (χ0n) is 10.8. The number of nitrogens with zero attached hydrogens (tertiary/aromatic N) is 3. The predicted molar refractivity (Wildman–Crippen MR) is 75.1 cm³/mol. The van der Waals surface area contributed by atoms with Crippen molar-refractivity contribution in [3.63, 3.8) is 0 Å². The Balaban J connectivity index is 3.17. The lowest BCUT2D eigenvalue weighted by Crippen LogP contribution is -2.12. The van der Waals surface area contributed by atoms with Crippen molar-refractivity contribution in [3.8, 4) is 12.1 Å². The first-order valence-corrected chi connectivity index (χ1v) is 6.22. The highest BCUT2D eigenvalue weighted by molar-refractivity contribution is 9.10. The van der Waals surface area contributed by atoms with E-state index in [1.807, 2.05) is 20.8 Å². The van der Waals surface area contributed by atoms with Gasteiger partial charge in [0.1, 0.15) is 23.6 Å². The Morgan fingerprint density at radius 2 is 1.89 bits per heavy atom. The average molecular weight is 323 g/mol. The molecule has 0 amide bonds. The Hall–Kier alpha value is -1.92. The summed E-state index contributed by atoms with van der Waals surface area (Å²) in [7, 11) is 0. The largest absolute Gasteiger partial charge is 0.272 e. The van der Waals surface area contributed by atoms with Crippen molar-refractivity contribution in [1.82, 2.24) is 0 Å². The van der Waals surface area contributed by atoms with Crippen LogP contribution in [-0.2, 0) is 5.41 Å². The van der Waals surface area contributed by atoms with Crippen molar-refractivity contribution < 1.29 is 4.39 Å². The number of benzene rings is 1.